The Morgan fingerprint density at radius 3 is 2.40 bits per heavy atom. The monoisotopic (exact) mass is 377 g/mol. The van der Waals surface area contributed by atoms with E-state index in [9.17, 15) is 8.42 Å². The van der Waals surface area contributed by atoms with Crippen LogP contribution in [0.3, 0.4) is 0 Å². The van der Waals surface area contributed by atoms with E-state index in [1.54, 1.807) is 18.2 Å². The molecular formula is C18H23N3O2S2. The predicted octanol–water partition coefficient (Wildman–Crippen LogP) is 3.44. The van der Waals surface area contributed by atoms with Crippen molar-refractivity contribution in [3.63, 3.8) is 0 Å². The molecule has 0 radical (unpaired) electrons. The molecule has 2 aromatic carbocycles. The van der Waals surface area contributed by atoms with Gasteiger partial charge in [0, 0.05) is 12.7 Å². The molecule has 0 aromatic heterocycles. The number of aryl methyl sites for hydroxylation is 1. The normalized spacial score (nSPS) is 12.3. The van der Waals surface area contributed by atoms with Crippen LogP contribution in [-0.2, 0) is 10.0 Å². The lowest BCUT2D eigenvalue weighted by Crippen LogP contribution is -2.31. The highest BCUT2D eigenvalue weighted by Gasteiger charge is 2.12. The van der Waals surface area contributed by atoms with Crippen LogP contribution in [0, 0.1) is 6.92 Å². The van der Waals surface area contributed by atoms with Crippen LogP contribution in [0.5, 0.6) is 0 Å². The number of sulfonamides is 1. The highest BCUT2D eigenvalue weighted by molar-refractivity contribution is 7.92. The second-order valence-electron chi connectivity index (χ2n) is 6.01. The van der Waals surface area contributed by atoms with E-state index in [1.165, 1.54) is 23.2 Å². The van der Waals surface area contributed by atoms with Gasteiger partial charge in [0.2, 0.25) is 10.0 Å². The van der Waals surface area contributed by atoms with Gasteiger partial charge < -0.3 is 10.6 Å². The number of thiocarbonyl (C=S) groups is 1. The van der Waals surface area contributed by atoms with Crippen molar-refractivity contribution in [1.82, 2.24) is 5.32 Å². The molecule has 2 aromatic rings. The summed E-state index contributed by atoms with van der Waals surface area (Å²) in [5.41, 5.74) is 3.65. The van der Waals surface area contributed by atoms with Gasteiger partial charge in [-0.25, -0.2) is 8.42 Å². The molecule has 2 N–H and O–H groups in total. The van der Waals surface area contributed by atoms with Crippen molar-refractivity contribution in [2.45, 2.75) is 19.9 Å². The highest BCUT2D eigenvalue weighted by Crippen LogP contribution is 2.20. The molecule has 7 heteroatoms. The minimum atomic E-state index is -3.30. The van der Waals surface area contributed by atoms with Crippen LogP contribution >= 0.6 is 12.2 Å². The number of hydrogen-bond donors (Lipinski definition) is 2. The van der Waals surface area contributed by atoms with E-state index in [-0.39, 0.29) is 6.04 Å². The van der Waals surface area contributed by atoms with Crippen LogP contribution in [0.2, 0.25) is 0 Å². The summed E-state index contributed by atoms with van der Waals surface area (Å²) in [5, 5.41) is 6.81. The number of nitrogens with one attached hydrogen (secondary N) is 2. The van der Waals surface area contributed by atoms with Crippen LogP contribution in [-0.4, -0.2) is 26.8 Å². The maximum Gasteiger partial charge on any atom is 0.231 e. The Morgan fingerprint density at radius 2 is 1.80 bits per heavy atom. The fourth-order valence-corrected chi connectivity index (χ4v) is 3.06. The Labute approximate surface area is 155 Å². The van der Waals surface area contributed by atoms with Crippen molar-refractivity contribution in [1.29, 1.82) is 0 Å². The van der Waals surface area contributed by atoms with E-state index in [4.69, 9.17) is 12.2 Å². The zero-order valence-corrected chi connectivity index (χ0v) is 16.4. The third kappa shape index (κ3) is 5.44. The smallest absolute Gasteiger partial charge is 0.231 e. The molecule has 25 heavy (non-hydrogen) atoms. The van der Waals surface area contributed by atoms with Gasteiger partial charge in [-0.05, 0) is 49.8 Å². The van der Waals surface area contributed by atoms with Crippen molar-refractivity contribution in [2.24, 2.45) is 0 Å². The highest BCUT2D eigenvalue weighted by atomic mass is 32.2. The Balaban J connectivity index is 2.04. The standard InChI is InChI=1S/C18H23N3O2S2/c1-13-8-10-15(11-9-13)14(2)19-18(24)20-16-6-5-7-17(12-16)21(3)25(4,22)23/h5-12,14H,1-4H3,(H2,19,20,24)/t14-/m1/s1. The van der Waals surface area contributed by atoms with Crippen LogP contribution in [0.4, 0.5) is 11.4 Å². The Kier molecular flexibility index (Phi) is 6.02. The van der Waals surface area contributed by atoms with E-state index in [0.717, 1.165) is 11.3 Å². The first-order valence-electron chi connectivity index (χ1n) is 7.85. The summed E-state index contributed by atoms with van der Waals surface area (Å²) >= 11 is 5.37. The van der Waals surface area contributed by atoms with Gasteiger partial charge in [-0.2, -0.15) is 0 Å². The maximum absolute atomic E-state index is 11.7. The largest absolute Gasteiger partial charge is 0.356 e. The van der Waals surface area contributed by atoms with E-state index >= 15 is 0 Å². The van der Waals surface area contributed by atoms with Gasteiger partial charge in [0.15, 0.2) is 5.11 Å². The molecule has 0 amide bonds. The summed E-state index contributed by atoms with van der Waals surface area (Å²) < 4.78 is 24.5. The number of nitrogens with zero attached hydrogens (tertiary/aromatic N) is 1. The summed E-state index contributed by atoms with van der Waals surface area (Å²) in [6, 6.07) is 15.4. The van der Waals surface area contributed by atoms with Crippen molar-refractivity contribution < 1.29 is 8.42 Å². The molecule has 134 valence electrons. The molecule has 0 heterocycles. The van der Waals surface area contributed by atoms with E-state index in [1.807, 2.05) is 13.0 Å². The zero-order valence-electron chi connectivity index (χ0n) is 14.8. The summed E-state index contributed by atoms with van der Waals surface area (Å²) in [5.74, 6) is 0. The lowest BCUT2D eigenvalue weighted by atomic mass is 10.1. The van der Waals surface area contributed by atoms with Gasteiger partial charge in [-0.1, -0.05) is 35.9 Å². The summed E-state index contributed by atoms with van der Waals surface area (Å²) in [4.78, 5) is 0. The third-order valence-electron chi connectivity index (χ3n) is 3.89. The summed E-state index contributed by atoms with van der Waals surface area (Å²) in [6.45, 7) is 4.08. The molecule has 5 nitrogen and oxygen atoms in total. The number of hydrogen-bond acceptors (Lipinski definition) is 3. The average molecular weight is 378 g/mol. The Hall–Kier alpha value is -2.12. The minimum absolute atomic E-state index is 0.0578. The molecule has 0 aliphatic rings. The number of anilines is 2. The third-order valence-corrected chi connectivity index (χ3v) is 5.32. The van der Waals surface area contributed by atoms with Crippen molar-refractivity contribution in [3.05, 3.63) is 59.7 Å². The second kappa shape index (κ2) is 7.84. The Bertz CT molecular complexity index is 849. The lowest BCUT2D eigenvalue weighted by Gasteiger charge is -2.20. The van der Waals surface area contributed by atoms with Crippen molar-refractivity contribution >= 4 is 38.7 Å². The number of benzene rings is 2. The van der Waals surface area contributed by atoms with Gasteiger partial charge >= 0.3 is 0 Å². The molecule has 0 fully saturated rings. The minimum Gasteiger partial charge on any atom is -0.356 e. The summed E-state index contributed by atoms with van der Waals surface area (Å²) in [6.07, 6.45) is 1.17. The van der Waals surface area contributed by atoms with Crippen LogP contribution in [0.1, 0.15) is 24.1 Å². The number of rotatable bonds is 5. The fraction of sp³-hybridized carbons (Fsp3) is 0.278. The first kappa shape index (κ1) is 19.2. The first-order chi connectivity index (χ1) is 11.7. The van der Waals surface area contributed by atoms with Crippen LogP contribution < -0.4 is 14.9 Å². The van der Waals surface area contributed by atoms with Crippen molar-refractivity contribution in [3.8, 4) is 0 Å². The molecule has 1 atom stereocenters. The van der Waals surface area contributed by atoms with E-state index in [0.29, 0.717) is 10.8 Å². The molecule has 0 spiro atoms. The van der Waals surface area contributed by atoms with Gasteiger partial charge in [-0.3, -0.25) is 4.31 Å². The van der Waals surface area contributed by atoms with E-state index < -0.39 is 10.0 Å². The van der Waals surface area contributed by atoms with Crippen LogP contribution in [0.15, 0.2) is 48.5 Å². The van der Waals surface area contributed by atoms with Gasteiger partial charge in [0.25, 0.3) is 0 Å². The zero-order chi connectivity index (χ0) is 18.6. The van der Waals surface area contributed by atoms with Gasteiger partial charge in [-0.15, -0.1) is 0 Å². The molecule has 0 saturated carbocycles. The fourth-order valence-electron chi connectivity index (χ4n) is 2.27. The summed E-state index contributed by atoms with van der Waals surface area (Å²) in [7, 11) is -1.78. The van der Waals surface area contributed by atoms with Gasteiger partial charge in [0.05, 0.1) is 18.0 Å². The Morgan fingerprint density at radius 1 is 1.16 bits per heavy atom. The molecule has 0 saturated heterocycles. The quantitative estimate of drug-likeness (QED) is 0.782. The second-order valence-corrected chi connectivity index (χ2v) is 8.43. The molecule has 0 bridgehead atoms. The molecule has 2 rings (SSSR count). The molecule has 0 unspecified atom stereocenters. The van der Waals surface area contributed by atoms with Gasteiger partial charge in [0.1, 0.15) is 0 Å². The van der Waals surface area contributed by atoms with Crippen LogP contribution in [0.25, 0.3) is 0 Å². The predicted molar refractivity (Wildman–Crippen MR) is 109 cm³/mol. The first-order valence-corrected chi connectivity index (χ1v) is 10.1. The SMILES string of the molecule is Cc1ccc([C@@H](C)NC(=S)Nc2cccc(N(C)S(C)(=O)=O)c2)cc1. The molecular weight excluding hydrogens is 354 g/mol. The maximum atomic E-state index is 11.7. The van der Waals surface area contributed by atoms with Crippen molar-refractivity contribution in [2.75, 3.05) is 22.9 Å². The molecule has 0 aliphatic heterocycles. The molecule has 0 aliphatic carbocycles. The topological polar surface area (TPSA) is 61.4 Å². The average Bonchev–Trinajstić information content (AvgIpc) is 2.54. The lowest BCUT2D eigenvalue weighted by molar-refractivity contribution is 0.600. The van der Waals surface area contributed by atoms with E-state index in [2.05, 4.69) is 41.8 Å².